The molecule has 1 saturated heterocycles. The van der Waals surface area contributed by atoms with Gasteiger partial charge in [0.25, 0.3) is 11.8 Å². The van der Waals surface area contributed by atoms with Gasteiger partial charge in [-0.05, 0) is 11.1 Å². The van der Waals surface area contributed by atoms with Gasteiger partial charge in [0.15, 0.2) is 0 Å². The zero-order valence-electron chi connectivity index (χ0n) is 13.9. The van der Waals surface area contributed by atoms with Crippen LogP contribution in [0, 0.1) is 0 Å². The van der Waals surface area contributed by atoms with Crippen molar-refractivity contribution in [3.8, 4) is 0 Å². The maximum absolute atomic E-state index is 12.1. The van der Waals surface area contributed by atoms with E-state index in [1.165, 1.54) is 0 Å². The summed E-state index contributed by atoms with van der Waals surface area (Å²) in [5.41, 5.74) is 1.45. The van der Waals surface area contributed by atoms with E-state index in [2.05, 4.69) is 9.84 Å². The quantitative estimate of drug-likeness (QED) is 0.341. The van der Waals surface area contributed by atoms with Gasteiger partial charge in [-0.25, -0.2) is 9.36 Å². The molecule has 2 bridgehead atoms. The number of phosphoric ester groups is 1. The molecule has 0 spiro atoms. The minimum atomic E-state index is -4.59. The van der Waals surface area contributed by atoms with E-state index in [1.807, 2.05) is 0 Å². The van der Waals surface area contributed by atoms with Crippen LogP contribution in [0.5, 0.6) is 0 Å². The molecule has 0 saturated carbocycles. The van der Waals surface area contributed by atoms with Gasteiger partial charge >= 0.3 is 13.9 Å². The molecule has 1 aliphatic heterocycles. The predicted octanol–water partition coefficient (Wildman–Crippen LogP) is 0.698. The van der Waals surface area contributed by atoms with E-state index in [-0.39, 0.29) is 26.1 Å². The Labute approximate surface area is 153 Å². The van der Waals surface area contributed by atoms with Gasteiger partial charge < -0.3 is 24.7 Å². The molecule has 11 nitrogen and oxygen atoms in total. The summed E-state index contributed by atoms with van der Waals surface area (Å²) in [5, 5.41) is 2.97. The Kier molecular flexibility index (Phi) is 5.59. The summed E-state index contributed by atoms with van der Waals surface area (Å²) < 4.78 is 20.6. The van der Waals surface area contributed by atoms with Crippen LogP contribution in [0.2, 0.25) is 0 Å². The molecule has 2 aliphatic rings. The number of carbonyl (C=O) groups is 3. The molecule has 1 fully saturated rings. The van der Waals surface area contributed by atoms with Crippen molar-refractivity contribution in [2.45, 2.75) is 25.0 Å². The van der Waals surface area contributed by atoms with Crippen LogP contribution < -0.4 is 5.32 Å². The molecule has 27 heavy (non-hydrogen) atoms. The van der Waals surface area contributed by atoms with Crippen molar-refractivity contribution in [3.63, 3.8) is 0 Å². The molecule has 3 N–H and O–H groups in total. The summed E-state index contributed by atoms with van der Waals surface area (Å²) in [7, 11) is -4.59. The van der Waals surface area contributed by atoms with Crippen LogP contribution in [0.4, 0.5) is 4.79 Å². The summed E-state index contributed by atoms with van der Waals surface area (Å²) in [6, 6.07) is 6.39. The van der Waals surface area contributed by atoms with Gasteiger partial charge in [0.2, 0.25) is 0 Å². The second kappa shape index (κ2) is 7.75. The Hall–Kier alpha value is -2.30. The van der Waals surface area contributed by atoms with Gasteiger partial charge in [0.05, 0.1) is 19.3 Å². The van der Waals surface area contributed by atoms with Crippen molar-refractivity contribution in [1.82, 2.24) is 10.4 Å². The third kappa shape index (κ3) is 4.71. The SMILES string of the molecule is O=C(NC1c2cccc(c2)C1OCCOP(=O)(O)O)ON1C(=O)CCC1=O. The van der Waals surface area contributed by atoms with Crippen LogP contribution in [-0.4, -0.2) is 46.0 Å². The summed E-state index contributed by atoms with van der Waals surface area (Å²) >= 11 is 0. The summed E-state index contributed by atoms with van der Waals surface area (Å²) in [4.78, 5) is 57.3. The van der Waals surface area contributed by atoms with Gasteiger partial charge in [-0.15, -0.1) is 5.06 Å². The molecule has 0 radical (unpaired) electrons. The number of phosphoric acid groups is 1. The number of amides is 3. The number of hydrogen-bond acceptors (Lipinski definition) is 7. The van der Waals surface area contributed by atoms with Crippen LogP contribution in [0.25, 0.3) is 0 Å². The first-order valence-corrected chi connectivity index (χ1v) is 9.53. The highest BCUT2D eigenvalue weighted by molar-refractivity contribution is 7.46. The maximum atomic E-state index is 12.1. The minimum Gasteiger partial charge on any atom is -0.369 e. The largest absolute Gasteiger partial charge is 0.469 e. The van der Waals surface area contributed by atoms with Gasteiger partial charge in [-0.2, -0.15) is 0 Å². The Morgan fingerprint density at radius 3 is 2.52 bits per heavy atom. The lowest BCUT2D eigenvalue weighted by Gasteiger charge is -2.23. The fraction of sp³-hybridized carbons (Fsp3) is 0.400. The maximum Gasteiger partial charge on any atom is 0.469 e. The molecular weight excluding hydrogens is 383 g/mol. The standard InChI is InChI=1S/C15H17N2O9P/c18-11-4-5-12(19)17(11)26-15(20)16-13-9-2-1-3-10(8-9)14(13)24-6-7-25-27(21,22)23/h1-3,8,13-14H,4-7H2,(H,16,20)(H2,21,22,23). The van der Waals surface area contributed by atoms with E-state index in [1.54, 1.807) is 24.3 Å². The smallest absolute Gasteiger partial charge is 0.369 e. The van der Waals surface area contributed by atoms with Crippen LogP contribution in [-0.2, 0) is 28.3 Å². The van der Waals surface area contributed by atoms with Crippen LogP contribution >= 0.6 is 7.82 Å². The zero-order valence-corrected chi connectivity index (χ0v) is 14.8. The topological polar surface area (TPSA) is 152 Å². The fourth-order valence-corrected chi connectivity index (χ4v) is 3.19. The van der Waals surface area contributed by atoms with Gasteiger partial charge in [-0.3, -0.25) is 14.1 Å². The highest BCUT2D eigenvalue weighted by atomic mass is 31.2. The van der Waals surface area contributed by atoms with Crippen LogP contribution in [0.3, 0.4) is 0 Å². The lowest BCUT2D eigenvalue weighted by molar-refractivity contribution is -0.171. The first kappa shape index (κ1) is 19.5. The summed E-state index contributed by atoms with van der Waals surface area (Å²) in [5.74, 6) is -1.19. The van der Waals surface area contributed by atoms with Crippen molar-refractivity contribution >= 4 is 25.7 Å². The molecule has 1 heterocycles. The Morgan fingerprint density at radius 1 is 1.19 bits per heavy atom. The molecule has 2 atom stereocenters. The van der Waals surface area contributed by atoms with Crippen molar-refractivity contribution < 1.29 is 42.8 Å². The Bertz CT molecular complexity index is 792. The van der Waals surface area contributed by atoms with E-state index in [0.717, 1.165) is 5.56 Å². The molecule has 12 heteroatoms. The number of benzene rings is 1. The van der Waals surface area contributed by atoms with Gasteiger partial charge in [0.1, 0.15) is 6.10 Å². The first-order valence-electron chi connectivity index (χ1n) is 8.00. The highest BCUT2D eigenvalue weighted by Crippen LogP contribution is 2.40. The second-order valence-corrected chi connectivity index (χ2v) is 7.11. The van der Waals surface area contributed by atoms with Crippen molar-refractivity contribution in [1.29, 1.82) is 0 Å². The first-order chi connectivity index (χ1) is 12.7. The molecule has 3 rings (SSSR count). The molecule has 2 unspecified atom stereocenters. The van der Waals surface area contributed by atoms with Gasteiger partial charge in [-0.1, -0.05) is 24.3 Å². The number of nitrogens with zero attached hydrogens (tertiary/aromatic N) is 1. The van der Waals surface area contributed by atoms with E-state index >= 15 is 0 Å². The highest BCUT2D eigenvalue weighted by Gasteiger charge is 2.37. The molecule has 3 amide bonds. The predicted molar refractivity (Wildman–Crippen MR) is 86.6 cm³/mol. The molecule has 0 aromatic heterocycles. The van der Waals surface area contributed by atoms with Crippen molar-refractivity contribution in [3.05, 3.63) is 35.4 Å². The zero-order chi connectivity index (χ0) is 19.6. The fourth-order valence-electron chi connectivity index (χ4n) is 2.87. The number of rotatable bonds is 7. The lowest BCUT2D eigenvalue weighted by Crippen LogP contribution is -2.39. The van der Waals surface area contributed by atoms with E-state index in [4.69, 9.17) is 19.4 Å². The molecule has 1 aromatic rings. The number of nitrogens with one attached hydrogen (secondary N) is 1. The second-order valence-electron chi connectivity index (χ2n) is 5.87. The average Bonchev–Trinajstić information content (AvgIpc) is 3.02. The van der Waals surface area contributed by atoms with Crippen LogP contribution in [0.15, 0.2) is 24.3 Å². The third-order valence-corrected chi connectivity index (χ3v) is 4.51. The van der Waals surface area contributed by atoms with Gasteiger partial charge in [0, 0.05) is 12.8 Å². The van der Waals surface area contributed by atoms with E-state index in [9.17, 15) is 18.9 Å². The number of carbonyl (C=O) groups excluding carboxylic acids is 3. The lowest BCUT2D eigenvalue weighted by atomic mass is 10.1. The van der Waals surface area contributed by atoms with E-state index < -0.39 is 37.9 Å². The van der Waals surface area contributed by atoms with Crippen LogP contribution in [0.1, 0.15) is 36.1 Å². The molecule has 1 aliphatic carbocycles. The number of imide groups is 1. The number of hydroxylamine groups is 2. The van der Waals surface area contributed by atoms with Crippen molar-refractivity contribution in [2.24, 2.45) is 0 Å². The number of fused-ring (bicyclic) bond motifs is 2. The Balaban J connectivity index is 1.60. The number of hydrogen-bond donors (Lipinski definition) is 3. The molecule has 146 valence electrons. The summed E-state index contributed by atoms with van der Waals surface area (Å²) in [6.45, 7) is -0.477. The van der Waals surface area contributed by atoms with E-state index in [0.29, 0.717) is 10.6 Å². The minimum absolute atomic E-state index is 0.0123. The normalized spacial score (nSPS) is 21.6. The third-order valence-electron chi connectivity index (χ3n) is 3.99. The molecular formula is C15H17N2O9P. The average molecular weight is 400 g/mol. The summed E-state index contributed by atoms with van der Waals surface area (Å²) in [6.07, 6.45) is -1.66. The Morgan fingerprint density at radius 2 is 1.85 bits per heavy atom. The number of ether oxygens (including phenoxy) is 1. The monoisotopic (exact) mass is 400 g/mol. The molecule has 1 aromatic carbocycles. The van der Waals surface area contributed by atoms with Crippen molar-refractivity contribution in [2.75, 3.05) is 13.2 Å².